The fourth-order valence-corrected chi connectivity index (χ4v) is 13.5. The van der Waals surface area contributed by atoms with E-state index in [1.54, 1.807) is 11.3 Å². The van der Waals surface area contributed by atoms with Crippen LogP contribution in [0.15, 0.2) is 42.6 Å². The smallest absolute Gasteiger partial charge is 0.355 e. The fourth-order valence-electron chi connectivity index (χ4n) is 12.7. The van der Waals surface area contributed by atoms with Crippen LogP contribution in [0, 0.1) is 30.1 Å². The molecular formula is C47H62N10O3S. The molecule has 5 aliphatic rings. The highest BCUT2D eigenvalue weighted by molar-refractivity contribution is 7.22. The molecule has 4 aliphatic carbocycles. The van der Waals surface area contributed by atoms with Gasteiger partial charge in [0.25, 0.3) is 0 Å². The molecule has 61 heavy (non-hydrogen) atoms. The van der Waals surface area contributed by atoms with Crippen molar-refractivity contribution in [2.75, 3.05) is 50.1 Å². The Labute approximate surface area is 363 Å². The van der Waals surface area contributed by atoms with Crippen LogP contribution in [0.1, 0.15) is 112 Å². The molecule has 2 unspecified atom stereocenters. The van der Waals surface area contributed by atoms with Crippen LogP contribution in [0.2, 0.25) is 0 Å². The lowest BCUT2D eigenvalue weighted by molar-refractivity contribution is -0.248. The van der Waals surface area contributed by atoms with E-state index in [2.05, 4.69) is 65.9 Å². The van der Waals surface area contributed by atoms with Gasteiger partial charge in [0.1, 0.15) is 5.82 Å². The topological polar surface area (TPSA) is 160 Å². The second-order valence-electron chi connectivity index (χ2n) is 19.7. The number of aromatic carboxylic acids is 1. The van der Waals surface area contributed by atoms with Gasteiger partial charge < -0.3 is 30.7 Å². The summed E-state index contributed by atoms with van der Waals surface area (Å²) in [6, 6.07) is 11.9. The number of nitrogens with two attached hydrogens (primary N) is 1. The van der Waals surface area contributed by atoms with Gasteiger partial charge in [-0.2, -0.15) is 5.10 Å². The monoisotopic (exact) mass is 846 g/mol. The number of nitrogens with zero attached hydrogens (tertiary/aromatic N) is 8. The van der Waals surface area contributed by atoms with Gasteiger partial charge in [0.05, 0.1) is 28.6 Å². The normalized spacial score (nSPS) is 25.5. The number of nitrogens with one attached hydrogen (secondary N) is 1. The Kier molecular flexibility index (Phi) is 11.2. The lowest BCUT2D eigenvalue weighted by Gasteiger charge is -2.69. The number of hydrogen-bond acceptors (Lipinski definition) is 12. The van der Waals surface area contributed by atoms with Gasteiger partial charge in [0, 0.05) is 47.6 Å². The number of pyridine rings is 1. The van der Waals surface area contributed by atoms with Gasteiger partial charge in [-0.25, -0.2) is 14.8 Å². The number of ether oxygens (including phenoxy) is 1. The molecule has 4 fully saturated rings. The summed E-state index contributed by atoms with van der Waals surface area (Å²) in [4.78, 5) is 26.9. The molecule has 4 N–H and O–H groups in total. The van der Waals surface area contributed by atoms with Crippen LogP contribution in [-0.2, 0) is 17.7 Å². The van der Waals surface area contributed by atoms with E-state index < -0.39 is 5.97 Å². The summed E-state index contributed by atoms with van der Waals surface area (Å²) in [7, 11) is 2.22. The number of unbranched alkanes of at least 4 members (excludes halogenated alkanes) is 3. The number of likely N-dealkylation sites (N-methyl/N-ethyl adjacent to an activating group) is 1. The standard InChI is InChI=1S/C47H62N10O3S/c1-31-33-13-12-20-56(41(33)54-53-40(31)52-43-50-36-14-8-9-15-37(36)61-43)38-17-16-34(39(51-38)42(58)59)35-23-49-57(32(35)2)30-46-25-44(3)24-45(4,26-46)28-47(27-44,29-46)60-22-21-55(5)19-11-7-6-10-18-48/h8-9,14-17,23H,6-7,10-13,18-22,24-30,48H2,1-5H3,(H,58,59)(H,50,52,53)/t44-,45+,46?,47?. The van der Waals surface area contributed by atoms with Crippen molar-refractivity contribution in [2.45, 2.75) is 117 Å². The molecule has 4 atom stereocenters. The Balaban J connectivity index is 0.924. The predicted octanol–water partition coefficient (Wildman–Crippen LogP) is 9.07. The van der Waals surface area contributed by atoms with Crippen LogP contribution < -0.4 is 16.0 Å². The van der Waals surface area contributed by atoms with Gasteiger partial charge in [-0.3, -0.25) is 4.68 Å². The number of anilines is 4. The first-order valence-corrected chi connectivity index (χ1v) is 23.2. The van der Waals surface area contributed by atoms with E-state index >= 15 is 0 Å². The van der Waals surface area contributed by atoms with E-state index in [0.29, 0.717) is 29.6 Å². The number of carbonyl (C=O) groups is 1. The first-order chi connectivity index (χ1) is 29.3. The summed E-state index contributed by atoms with van der Waals surface area (Å²) < 4.78 is 10.3. The summed E-state index contributed by atoms with van der Waals surface area (Å²) in [6.45, 7) is 14.1. The molecule has 0 spiro atoms. The molecule has 5 aromatic rings. The van der Waals surface area contributed by atoms with Gasteiger partial charge in [-0.05, 0) is 139 Å². The average Bonchev–Trinajstić information content (AvgIpc) is 3.78. The fraction of sp³-hybridized carbons (Fsp3) is 0.574. The maximum atomic E-state index is 13.0. The number of benzene rings is 1. The molecule has 4 saturated carbocycles. The Morgan fingerprint density at radius 3 is 2.51 bits per heavy atom. The van der Waals surface area contributed by atoms with Crippen molar-refractivity contribution in [3.63, 3.8) is 0 Å². The van der Waals surface area contributed by atoms with E-state index in [-0.39, 0.29) is 27.5 Å². The minimum Gasteiger partial charge on any atom is -0.476 e. The SMILES string of the molecule is Cc1c(Nc2nc3ccccc3s2)nnc2c1CCCN2c1ccc(-c2cnn(CC34CC5(OCCN(C)CCCCCCN)C[C@](C)(C3)C[C@](C)(C4)C5)c2C)c(C(=O)O)n1. The Morgan fingerprint density at radius 2 is 1.74 bits per heavy atom. The number of hydrogen-bond donors (Lipinski definition) is 3. The second-order valence-corrected chi connectivity index (χ2v) is 20.8. The van der Waals surface area contributed by atoms with Crippen molar-refractivity contribution in [3.8, 4) is 11.1 Å². The van der Waals surface area contributed by atoms with Crippen LogP contribution in [0.4, 0.5) is 22.6 Å². The molecule has 4 aromatic heterocycles. The third kappa shape index (κ3) is 8.28. The molecule has 5 heterocycles. The Bertz CT molecular complexity index is 2380. The van der Waals surface area contributed by atoms with E-state index in [1.807, 2.05) is 41.4 Å². The zero-order valence-electron chi connectivity index (χ0n) is 36.6. The minimum absolute atomic E-state index is 0.00813. The molecular weight excluding hydrogens is 785 g/mol. The van der Waals surface area contributed by atoms with E-state index in [0.717, 1.165) is 122 Å². The van der Waals surface area contributed by atoms with Gasteiger partial charge >= 0.3 is 5.97 Å². The molecule has 4 bridgehead atoms. The van der Waals surface area contributed by atoms with Crippen LogP contribution in [0.25, 0.3) is 21.3 Å². The lowest BCUT2D eigenvalue weighted by Crippen LogP contribution is -2.64. The molecule has 10 rings (SSSR count). The molecule has 13 nitrogen and oxygen atoms in total. The zero-order chi connectivity index (χ0) is 42.6. The number of rotatable bonds is 17. The summed E-state index contributed by atoms with van der Waals surface area (Å²) in [5.41, 5.74) is 11.4. The quantitative estimate of drug-likeness (QED) is 0.0763. The van der Waals surface area contributed by atoms with Crippen LogP contribution in [0.5, 0.6) is 0 Å². The maximum absolute atomic E-state index is 13.0. The van der Waals surface area contributed by atoms with E-state index in [9.17, 15) is 9.90 Å². The summed E-state index contributed by atoms with van der Waals surface area (Å²) in [6.07, 6.45) is 15.2. The van der Waals surface area contributed by atoms with Crippen molar-refractivity contribution in [2.24, 2.45) is 22.0 Å². The number of aromatic nitrogens is 6. The number of carboxylic acid groups (broad SMARTS) is 1. The number of para-hydroxylation sites is 1. The average molecular weight is 847 g/mol. The number of thiazole rings is 1. The van der Waals surface area contributed by atoms with Crippen molar-refractivity contribution >= 4 is 50.1 Å². The summed E-state index contributed by atoms with van der Waals surface area (Å²) in [5.74, 6) is 0.851. The van der Waals surface area contributed by atoms with Crippen molar-refractivity contribution in [3.05, 3.63) is 65.1 Å². The van der Waals surface area contributed by atoms with Crippen LogP contribution in [-0.4, -0.2) is 91.4 Å². The third-order valence-electron chi connectivity index (χ3n) is 14.2. The van der Waals surface area contributed by atoms with Crippen molar-refractivity contribution in [1.82, 2.24) is 34.8 Å². The van der Waals surface area contributed by atoms with Gasteiger partial charge in [0.2, 0.25) is 0 Å². The molecule has 0 saturated heterocycles. The van der Waals surface area contributed by atoms with Crippen LogP contribution in [0.3, 0.4) is 0 Å². The number of carboxylic acids is 1. The zero-order valence-corrected chi connectivity index (χ0v) is 37.4. The Morgan fingerprint density at radius 1 is 0.951 bits per heavy atom. The second kappa shape index (κ2) is 16.3. The van der Waals surface area contributed by atoms with Crippen molar-refractivity contribution < 1.29 is 14.6 Å². The summed E-state index contributed by atoms with van der Waals surface area (Å²) in [5, 5.41) is 29.0. The Hall–Kier alpha value is -4.50. The molecule has 0 radical (unpaired) electrons. The molecule has 1 aliphatic heterocycles. The minimum atomic E-state index is -1.07. The highest BCUT2D eigenvalue weighted by Crippen LogP contribution is 2.72. The first kappa shape index (κ1) is 41.8. The molecule has 0 amide bonds. The van der Waals surface area contributed by atoms with Crippen LogP contribution >= 0.6 is 11.3 Å². The van der Waals surface area contributed by atoms with E-state index in [4.69, 9.17) is 25.5 Å². The number of fused-ring (bicyclic) bond motifs is 2. The maximum Gasteiger partial charge on any atom is 0.355 e. The summed E-state index contributed by atoms with van der Waals surface area (Å²) >= 11 is 1.58. The largest absolute Gasteiger partial charge is 0.476 e. The predicted molar refractivity (Wildman–Crippen MR) is 242 cm³/mol. The van der Waals surface area contributed by atoms with Gasteiger partial charge in [-0.15, -0.1) is 10.2 Å². The molecule has 14 heteroatoms. The molecule has 324 valence electrons. The lowest BCUT2D eigenvalue weighted by atomic mass is 9.39. The van der Waals surface area contributed by atoms with Gasteiger partial charge in [0.15, 0.2) is 22.5 Å². The molecule has 1 aromatic carbocycles. The highest BCUT2D eigenvalue weighted by Gasteiger charge is 2.66. The van der Waals surface area contributed by atoms with E-state index in [1.165, 1.54) is 25.7 Å². The third-order valence-corrected chi connectivity index (χ3v) is 15.1. The first-order valence-electron chi connectivity index (χ1n) is 22.3. The van der Waals surface area contributed by atoms with Crippen molar-refractivity contribution in [1.29, 1.82) is 0 Å². The highest BCUT2D eigenvalue weighted by atomic mass is 32.1. The van der Waals surface area contributed by atoms with Gasteiger partial charge in [-0.1, -0.05) is 50.2 Å².